The molecular weight excluding hydrogens is 1910 g/mol. The Labute approximate surface area is 836 Å². The lowest BCUT2D eigenvalue weighted by atomic mass is 9.97. The minimum absolute atomic E-state index is 0.122. The van der Waals surface area contributed by atoms with Gasteiger partial charge in [-0.2, -0.15) is 0 Å². The monoisotopic (exact) mass is 2000 g/mol. The third-order valence-electron chi connectivity index (χ3n) is 24.1. The van der Waals surface area contributed by atoms with Gasteiger partial charge in [-0.05, 0) is 144 Å². The Balaban J connectivity index is 0.000000127. The molecule has 20 nitrogen and oxygen atoms in total. The van der Waals surface area contributed by atoms with Gasteiger partial charge >= 0.3 is 0 Å². The molecule has 0 spiro atoms. The smallest absolute Gasteiger partial charge is 0.255 e. The molecule has 4 N–H and O–H groups in total. The van der Waals surface area contributed by atoms with Crippen LogP contribution < -0.4 is 59.8 Å². The summed E-state index contributed by atoms with van der Waals surface area (Å²) in [6, 6.07) is 68.9. The molecule has 16 aromatic rings. The summed E-state index contributed by atoms with van der Waals surface area (Å²) in [6.07, 6.45) is 9.02. The van der Waals surface area contributed by atoms with E-state index in [1.54, 1.807) is 73.1 Å². The van der Waals surface area contributed by atoms with Crippen molar-refractivity contribution in [3.05, 3.63) is 352 Å². The highest BCUT2D eigenvalue weighted by atomic mass is 35.5. The van der Waals surface area contributed by atoms with Crippen LogP contribution in [0.15, 0.2) is 255 Å². The van der Waals surface area contributed by atoms with Crippen LogP contribution in [0.25, 0.3) is 88.1 Å². The Morgan fingerprint density at radius 1 is 0.290 bits per heavy atom. The molecule has 8 heterocycles. The fourth-order valence-electron chi connectivity index (χ4n) is 18.2. The van der Waals surface area contributed by atoms with E-state index in [1.165, 1.54) is 24.5 Å². The molecule has 4 aliphatic rings. The molecule has 4 aliphatic heterocycles. The van der Waals surface area contributed by atoms with Crippen LogP contribution in [0.3, 0.4) is 0 Å². The summed E-state index contributed by atoms with van der Waals surface area (Å²) in [7, 11) is 15.1. The second-order valence-electron chi connectivity index (χ2n) is 34.1. The zero-order chi connectivity index (χ0) is 97.0. The van der Waals surface area contributed by atoms with E-state index in [2.05, 4.69) is 31.2 Å². The van der Waals surface area contributed by atoms with E-state index in [-0.39, 0.29) is 58.9 Å². The van der Waals surface area contributed by atoms with Gasteiger partial charge in [-0.15, -0.1) is 0 Å². The number of rotatable bonds is 16. The van der Waals surface area contributed by atoms with Gasteiger partial charge in [0, 0.05) is 213 Å². The molecule has 0 fully saturated rings. The summed E-state index contributed by atoms with van der Waals surface area (Å²) in [5.74, 6) is 1.40. The van der Waals surface area contributed by atoms with Gasteiger partial charge in [-0.1, -0.05) is 202 Å². The number of aromatic nitrogens is 4. The summed E-state index contributed by atoms with van der Waals surface area (Å²) in [6.45, 7) is 2.15. The molecule has 0 saturated heterocycles. The summed E-state index contributed by atoms with van der Waals surface area (Å²) in [5, 5.41) is 19.5. The Morgan fingerprint density at radius 3 is 0.775 bits per heavy atom. The molecule has 20 rings (SSSR count). The van der Waals surface area contributed by atoms with Crippen LogP contribution in [0.4, 0.5) is 31.5 Å². The fourth-order valence-corrected chi connectivity index (χ4v) is 20.3. The van der Waals surface area contributed by atoms with Crippen molar-refractivity contribution < 1.29 is 46.9 Å². The third kappa shape index (κ3) is 20.7. The van der Waals surface area contributed by atoms with Gasteiger partial charge in [0.2, 0.25) is 0 Å². The van der Waals surface area contributed by atoms with Crippen LogP contribution in [-0.2, 0) is 0 Å². The Morgan fingerprint density at radius 2 is 0.522 bits per heavy atom. The van der Waals surface area contributed by atoms with Gasteiger partial charge in [0.15, 0.2) is 0 Å². The van der Waals surface area contributed by atoms with Crippen molar-refractivity contribution in [2.75, 3.05) is 102 Å². The highest BCUT2D eigenvalue weighted by Crippen LogP contribution is 2.46. The average molecular weight is 2010 g/mol. The molecule has 0 radical (unpaired) electrons. The SMILES string of the molecule is CN(C)c1c(C(=O)NC2CCOc3ccccc32)cnc2c(-c3cc(Cl)cc(Cl)c3)c(F)ccc12.CN(C)c1c(C(=O)NC2CCOc3ccccc32)cnc2c(-c3cc(Cl)cc(Cl)c3)cccc12.CN(C)c1c(C(=O)N[C@H]2CCOc3ccccc32)cnc2c(-c3cc(Cl)cc(Cl)c3)c(F)ccc12.CN(C)c1c(C(=O)N[C@H]2CCOc3ccccc32)cnc2c(-c3cc(Cl)cc(Cl)c3)cccc12. The van der Waals surface area contributed by atoms with Crippen molar-refractivity contribution in [2.45, 2.75) is 49.9 Å². The lowest BCUT2D eigenvalue weighted by Gasteiger charge is -2.27. The zero-order valence-electron chi connectivity index (χ0n) is 75.8. The number of carbonyl (C=O) groups is 4. The van der Waals surface area contributed by atoms with E-state index in [0.717, 1.165) is 101 Å². The molecule has 138 heavy (non-hydrogen) atoms. The number of halogens is 10. The van der Waals surface area contributed by atoms with Crippen molar-refractivity contribution in [1.82, 2.24) is 41.2 Å². The first-order chi connectivity index (χ1) is 66.5. The van der Waals surface area contributed by atoms with Crippen LogP contribution in [0.2, 0.25) is 40.2 Å². The Hall–Kier alpha value is -13.3. The normalized spacial score (nSPS) is 14.9. The van der Waals surface area contributed by atoms with Crippen LogP contribution in [0.1, 0.15) is 114 Å². The molecule has 12 aromatic carbocycles. The minimum atomic E-state index is -0.455. The van der Waals surface area contributed by atoms with Gasteiger partial charge in [0.25, 0.3) is 23.6 Å². The molecule has 0 saturated carbocycles. The molecule has 0 bridgehead atoms. The standard InChI is InChI=1S/2C27H22Cl2FN3O2.2C27H23Cl2N3O2/c2*1-33(2)26-19-7-8-21(30)24(15-11-16(28)13-17(29)12-15)25(19)31-14-20(26)27(34)32-22-9-10-35-23-6-4-3-5-18(22)23;2*1-32(2)26-21-8-5-7-19(16-12-17(28)14-18(29)13-16)25(21)30-15-22(26)27(33)31-23-10-11-34-24-9-4-3-6-20(23)24/h2*3-8,11-14,22H,9-10H2,1-2H3,(H,32,34);2*3-9,12-15,23H,10-11H2,1-2H3,(H,31,33)/t22-;;23-;/m0.0./s1. The van der Waals surface area contributed by atoms with Gasteiger partial charge < -0.3 is 59.8 Å². The molecular formula is C108H90Cl8F2N12O8. The van der Waals surface area contributed by atoms with Gasteiger partial charge in [-0.3, -0.25) is 39.1 Å². The number of hydrogen-bond donors (Lipinski definition) is 4. The van der Waals surface area contributed by atoms with Gasteiger partial charge in [0.1, 0.15) is 34.6 Å². The second kappa shape index (κ2) is 42.0. The third-order valence-corrected chi connectivity index (χ3v) is 25.9. The van der Waals surface area contributed by atoms with E-state index in [0.29, 0.717) is 159 Å². The number of nitrogens with one attached hydrogen (secondary N) is 4. The Kier molecular flexibility index (Phi) is 29.3. The molecule has 0 aliphatic carbocycles. The van der Waals surface area contributed by atoms with Crippen LogP contribution in [-0.4, -0.2) is 126 Å². The second-order valence-corrected chi connectivity index (χ2v) is 37.6. The molecule has 2 unspecified atom stereocenters. The lowest BCUT2D eigenvalue weighted by molar-refractivity contribution is 0.0916. The van der Waals surface area contributed by atoms with Crippen molar-refractivity contribution in [1.29, 1.82) is 0 Å². The quantitative estimate of drug-likeness (QED) is 0.0707. The lowest BCUT2D eigenvalue weighted by Crippen LogP contribution is -2.33. The first kappa shape index (κ1) is 96.4. The van der Waals surface area contributed by atoms with Crippen LogP contribution in [0, 0.1) is 11.6 Å². The maximum atomic E-state index is 15.1. The molecule has 4 atom stereocenters. The van der Waals surface area contributed by atoms with Crippen LogP contribution >= 0.6 is 92.8 Å². The number of ether oxygens (including phenoxy) is 4. The predicted molar refractivity (Wildman–Crippen MR) is 553 cm³/mol. The van der Waals surface area contributed by atoms with Crippen molar-refractivity contribution >= 4 is 183 Å². The first-order valence-corrected chi connectivity index (χ1v) is 47.2. The summed E-state index contributed by atoms with van der Waals surface area (Å²) in [4.78, 5) is 80.0. The van der Waals surface area contributed by atoms with Crippen molar-refractivity contribution in [3.63, 3.8) is 0 Å². The number of carbonyl (C=O) groups excluding carboxylic acids is 4. The minimum Gasteiger partial charge on any atom is -0.493 e. The number of nitrogens with zero attached hydrogens (tertiary/aromatic N) is 8. The fraction of sp³-hybridized carbons (Fsp3) is 0.185. The number of para-hydroxylation sites is 6. The predicted octanol–water partition coefficient (Wildman–Crippen LogP) is 26.4. The highest BCUT2D eigenvalue weighted by molar-refractivity contribution is 6.37. The number of pyridine rings is 4. The Bertz CT molecular complexity index is 6950. The summed E-state index contributed by atoms with van der Waals surface area (Å²) < 4.78 is 53.1. The molecule has 700 valence electrons. The zero-order valence-corrected chi connectivity index (χ0v) is 81.9. The number of anilines is 4. The molecule has 4 amide bonds. The van der Waals surface area contributed by atoms with Crippen LogP contribution in [0.5, 0.6) is 23.0 Å². The topological polar surface area (TPSA) is 218 Å². The average Bonchev–Trinajstić information content (AvgIpc) is 0.775. The number of fused-ring (bicyclic) bond motifs is 8. The number of hydrogen-bond acceptors (Lipinski definition) is 16. The van der Waals surface area contributed by atoms with E-state index in [1.807, 2.05) is 234 Å². The maximum absolute atomic E-state index is 15.1. The first-order valence-electron chi connectivity index (χ1n) is 44.2. The van der Waals surface area contributed by atoms with E-state index >= 15 is 8.78 Å². The maximum Gasteiger partial charge on any atom is 0.255 e. The van der Waals surface area contributed by atoms with E-state index in [9.17, 15) is 19.2 Å². The number of benzene rings is 12. The summed E-state index contributed by atoms with van der Waals surface area (Å²) in [5.41, 5.74) is 16.1. The van der Waals surface area contributed by atoms with Gasteiger partial charge in [0.05, 0.1) is 118 Å². The molecule has 30 heteroatoms. The molecule has 4 aromatic heterocycles. The van der Waals surface area contributed by atoms with E-state index in [4.69, 9.17) is 122 Å². The highest BCUT2D eigenvalue weighted by Gasteiger charge is 2.33. The van der Waals surface area contributed by atoms with E-state index < -0.39 is 11.6 Å². The largest absolute Gasteiger partial charge is 0.493 e. The van der Waals surface area contributed by atoms with Crippen molar-refractivity contribution in [3.8, 4) is 67.5 Å². The number of amides is 4. The summed E-state index contributed by atoms with van der Waals surface area (Å²) >= 11 is 49.7. The van der Waals surface area contributed by atoms with Gasteiger partial charge in [-0.25, -0.2) is 8.78 Å². The van der Waals surface area contributed by atoms with Crippen molar-refractivity contribution in [2.24, 2.45) is 0 Å².